The van der Waals surface area contributed by atoms with Crippen molar-refractivity contribution in [2.24, 2.45) is 0 Å². The lowest BCUT2D eigenvalue weighted by atomic mass is 9.85. The predicted octanol–water partition coefficient (Wildman–Crippen LogP) is 2.59. The van der Waals surface area contributed by atoms with Crippen molar-refractivity contribution < 1.29 is 4.52 Å². The first-order valence-electron chi connectivity index (χ1n) is 5.52. The summed E-state index contributed by atoms with van der Waals surface area (Å²) in [6.07, 6.45) is 3.64. The van der Waals surface area contributed by atoms with Crippen molar-refractivity contribution in [2.45, 2.75) is 25.2 Å². The van der Waals surface area contributed by atoms with Crippen LogP contribution in [0.4, 0.5) is 5.69 Å². The van der Waals surface area contributed by atoms with Crippen molar-refractivity contribution in [1.82, 2.24) is 10.1 Å². The van der Waals surface area contributed by atoms with E-state index in [2.05, 4.69) is 10.1 Å². The Balaban J connectivity index is 1.88. The fourth-order valence-corrected chi connectivity index (χ4v) is 1.81. The van der Waals surface area contributed by atoms with E-state index in [9.17, 15) is 0 Å². The molecular weight excluding hydrogens is 202 g/mol. The summed E-state index contributed by atoms with van der Waals surface area (Å²) in [6, 6.07) is 7.46. The third-order valence-electron chi connectivity index (χ3n) is 3.07. The minimum Gasteiger partial charge on any atom is -0.399 e. The number of nitrogens with two attached hydrogens (primary N) is 1. The maximum absolute atomic E-state index is 5.62. The molecule has 1 aliphatic carbocycles. The van der Waals surface area contributed by atoms with E-state index in [1.165, 1.54) is 19.3 Å². The normalized spacial score (nSPS) is 16.0. The predicted molar refractivity (Wildman–Crippen MR) is 60.7 cm³/mol. The molecule has 1 aromatic carbocycles. The maximum Gasteiger partial charge on any atom is 0.257 e. The molecule has 0 radical (unpaired) electrons. The van der Waals surface area contributed by atoms with E-state index in [1.807, 2.05) is 24.3 Å². The molecule has 0 spiro atoms. The van der Waals surface area contributed by atoms with Gasteiger partial charge in [-0.05, 0) is 37.1 Å². The van der Waals surface area contributed by atoms with E-state index in [4.69, 9.17) is 10.3 Å². The minimum atomic E-state index is 0.506. The van der Waals surface area contributed by atoms with Crippen LogP contribution in [0, 0.1) is 0 Å². The highest BCUT2D eigenvalue weighted by Gasteiger charge is 2.24. The van der Waals surface area contributed by atoms with Crippen LogP contribution >= 0.6 is 0 Å². The molecule has 3 rings (SSSR count). The smallest absolute Gasteiger partial charge is 0.257 e. The Morgan fingerprint density at radius 1 is 1.19 bits per heavy atom. The monoisotopic (exact) mass is 215 g/mol. The molecule has 1 saturated carbocycles. The molecule has 0 unspecified atom stereocenters. The first-order chi connectivity index (χ1) is 7.83. The van der Waals surface area contributed by atoms with Gasteiger partial charge in [0, 0.05) is 17.2 Å². The molecule has 4 heteroatoms. The van der Waals surface area contributed by atoms with Gasteiger partial charge < -0.3 is 10.3 Å². The van der Waals surface area contributed by atoms with Gasteiger partial charge in [-0.2, -0.15) is 4.98 Å². The molecular formula is C12H13N3O. The summed E-state index contributed by atoms with van der Waals surface area (Å²) >= 11 is 0. The summed E-state index contributed by atoms with van der Waals surface area (Å²) in [6.45, 7) is 0. The van der Waals surface area contributed by atoms with Crippen LogP contribution < -0.4 is 5.73 Å². The highest BCUT2D eigenvalue weighted by atomic mass is 16.5. The van der Waals surface area contributed by atoms with Gasteiger partial charge in [0.15, 0.2) is 5.82 Å². The lowest BCUT2D eigenvalue weighted by Crippen LogP contribution is -2.10. The lowest BCUT2D eigenvalue weighted by Gasteiger charge is -2.20. The molecule has 0 atom stereocenters. The Hall–Kier alpha value is -1.84. The molecule has 16 heavy (non-hydrogen) atoms. The number of anilines is 1. The third kappa shape index (κ3) is 1.56. The lowest BCUT2D eigenvalue weighted by molar-refractivity contribution is 0.366. The zero-order chi connectivity index (χ0) is 11.0. The van der Waals surface area contributed by atoms with Crippen molar-refractivity contribution in [3.05, 3.63) is 30.1 Å². The van der Waals surface area contributed by atoms with Crippen molar-refractivity contribution in [1.29, 1.82) is 0 Å². The fraction of sp³-hybridized carbons (Fsp3) is 0.333. The highest BCUT2D eigenvalue weighted by Crippen LogP contribution is 2.35. The Morgan fingerprint density at radius 2 is 1.94 bits per heavy atom. The molecule has 1 heterocycles. The second kappa shape index (κ2) is 3.63. The van der Waals surface area contributed by atoms with Gasteiger partial charge in [-0.3, -0.25) is 0 Å². The number of hydrogen-bond donors (Lipinski definition) is 1. The average Bonchev–Trinajstić information content (AvgIpc) is 2.65. The van der Waals surface area contributed by atoms with Gasteiger partial charge in [-0.15, -0.1) is 0 Å². The molecule has 4 nitrogen and oxygen atoms in total. The standard InChI is InChI=1S/C12H13N3O/c13-10-6-4-9(5-7-10)12-14-11(15-16-12)8-2-1-3-8/h4-8H,1-3,13H2. The quantitative estimate of drug-likeness (QED) is 0.782. The number of aromatic nitrogens is 2. The molecule has 2 N–H and O–H groups in total. The van der Waals surface area contributed by atoms with Crippen molar-refractivity contribution >= 4 is 5.69 Å². The first kappa shape index (κ1) is 9.39. The molecule has 0 saturated heterocycles. The molecule has 2 aromatic rings. The summed E-state index contributed by atoms with van der Waals surface area (Å²) < 4.78 is 5.25. The van der Waals surface area contributed by atoms with Crippen molar-refractivity contribution in [3.8, 4) is 11.5 Å². The van der Waals surface area contributed by atoms with Gasteiger partial charge in [0.2, 0.25) is 0 Å². The van der Waals surface area contributed by atoms with Gasteiger partial charge in [0.25, 0.3) is 5.89 Å². The second-order valence-corrected chi connectivity index (χ2v) is 4.21. The number of benzene rings is 1. The highest BCUT2D eigenvalue weighted by molar-refractivity contribution is 5.56. The molecule has 0 aliphatic heterocycles. The van der Waals surface area contributed by atoms with E-state index in [1.54, 1.807) is 0 Å². The largest absolute Gasteiger partial charge is 0.399 e. The first-order valence-corrected chi connectivity index (χ1v) is 5.52. The van der Waals surface area contributed by atoms with Crippen molar-refractivity contribution in [3.63, 3.8) is 0 Å². The van der Waals surface area contributed by atoms with Gasteiger partial charge in [0.05, 0.1) is 0 Å². The SMILES string of the molecule is Nc1ccc(-c2nc(C3CCC3)no2)cc1. The Kier molecular flexibility index (Phi) is 2.13. The number of nitrogens with zero attached hydrogens (tertiary/aromatic N) is 2. The molecule has 0 bridgehead atoms. The number of nitrogen functional groups attached to an aromatic ring is 1. The number of rotatable bonds is 2. The van der Waals surface area contributed by atoms with Gasteiger partial charge in [-0.1, -0.05) is 11.6 Å². The zero-order valence-corrected chi connectivity index (χ0v) is 8.89. The molecule has 82 valence electrons. The van der Waals surface area contributed by atoms with Crippen LogP contribution in [0.2, 0.25) is 0 Å². The van der Waals surface area contributed by atoms with Crippen LogP contribution in [-0.4, -0.2) is 10.1 Å². The summed E-state index contributed by atoms with van der Waals surface area (Å²) in [7, 11) is 0. The molecule has 1 fully saturated rings. The third-order valence-corrected chi connectivity index (χ3v) is 3.07. The molecule has 1 aromatic heterocycles. The van der Waals surface area contributed by atoms with E-state index in [-0.39, 0.29) is 0 Å². The minimum absolute atomic E-state index is 0.506. The van der Waals surface area contributed by atoms with Gasteiger partial charge in [0.1, 0.15) is 0 Å². The van der Waals surface area contributed by atoms with Crippen LogP contribution in [0.5, 0.6) is 0 Å². The van der Waals surface area contributed by atoms with E-state index < -0.39 is 0 Å². The average molecular weight is 215 g/mol. The van der Waals surface area contributed by atoms with Crippen LogP contribution in [0.1, 0.15) is 31.0 Å². The van der Waals surface area contributed by atoms with Crippen LogP contribution in [0.25, 0.3) is 11.5 Å². The number of hydrogen-bond acceptors (Lipinski definition) is 4. The fourth-order valence-electron chi connectivity index (χ4n) is 1.81. The Bertz CT molecular complexity index is 485. The van der Waals surface area contributed by atoms with E-state index in [0.29, 0.717) is 11.8 Å². The second-order valence-electron chi connectivity index (χ2n) is 4.21. The van der Waals surface area contributed by atoms with Gasteiger partial charge in [-0.25, -0.2) is 0 Å². The Labute approximate surface area is 93.5 Å². The van der Waals surface area contributed by atoms with Crippen LogP contribution in [-0.2, 0) is 0 Å². The summed E-state index contributed by atoms with van der Waals surface area (Å²) in [4.78, 5) is 4.41. The van der Waals surface area contributed by atoms with Gasteiger partial charge >= 0.3 is 0 Å². The van der Waals surface area contributed by atoms with E-state index in [0.717, 1.165) is 17.1 Å². The van der Waals surface area contributed by atoms with E-state index >= 15 is 0 Å². The molecule has 1 aliphatic rings. The zero-order valence-electron chi connectivity index (χ0n) is 8.89. The summed E-state index contributed by atoms with van der Waals surface area (Å²) in [5.74, 6) is 1.94. The van der Waals surface area contributed by atoms with Crippen LogP contribution in [0.15, 0.2) is 28.8 Å². The summed E-state index contributed by atoms with van der Waals surface area (Å²) in [5, 5.41) is 4.02. The van der Waals surface area contributed by atoms with Crippen LogP contribution in [0.3, 0.4) is 0 Å². The Morgan fingerprint density at radius 3 is 2.56 bits per heavy atom. The molecule has 0 amide bonds. The maximum atomic E-state index is 5.62. The van der Waals surface area contributed by atoms with Crippen molar-refractivity contribution in [2.75, 3.05) is 5.73 Å². The topological polar surface area (TPSA) is 64.9 Å². The summed E-state index contributed by atoms with van der Waals surface area (Å²) in [5.41, 5.74) is 7.28.